The molecular weight excluding hydrogens is 308 g/mol. The van der Waals surface area contributed by atoms with Gasteiger partial charge in [0.2, 0.25) is 5.91 Å². The molecule has 2 aromatic rings. The average molecular weight is 330 g/mol. The van der Waals surface area contributed by atoms with E-state index in [-0.39, 0.29) is 17.8 Å². The molecule has 0 N–H and O–H groups in total. The Hall–Kier alpha value is -2.37. The number of nitrogens with zero attached hydrogens (tertiary/aromatic N) is 2. The largest absolute Gasteiger partial charge is 0.466 e. The molecule has 1 fully saturated rings. The molecule has 24 heavy (non-hydrogen) atoms. The first-order chi connectivity index (χ1) is 11.6. The SMILES string of the molecule is CCOC(=O)C1CCN(C(=O)Cc2ccc3oc(C)nc3c2)CC1. The molecule has 0 atom stereocenters. The average Bonchev–Trinajstić information content (AvgIpc) is 2.94. The van der Waals surface area contributed by atoms with Gasteiger partial charge in [-0.05, 0) is 37.5 Å². The van der Waals surface area contributed by atoms with E-state index in [9.17, 15) is 9.59 Å². The first-order valence-electron chi connectivity index (χ1n) is 8.37. The van der Waals surface area contributed by atoms with E-state index in [1.807, 2.05) is 30.0 Å². The summed E-state index contributed by atoms with van der Waals surface area (Å²) in [7, 11) is 0. The Morgan fingerprint density at radius 2 is 2.08 bits per heavy atom. The first-order valence-corrected chi connectivity index (χ1v) is 8.37. The summed E-state index contributed by atoms with van der Waals surface area (Å²) in [6, 6.07) is 5.65. The maximum atomic E-state index is 12.5. The summed E-state index contributed by atoms with van der Waals surface area (Å²) in [5, 5.41) is 0. The van der Waals surface area contributed by atoms with Gasteiger partial charge in [0.1, 0.15) is 5.52 Å². The molecule has 0 radical (unpaired) electrons. The van der Waals surface area contributed by atoms with Crippen molar-refractivity contribution in [3.8, 4) is 0 Å². The predicted octanol–water partition coefficient (Wildman–Crippen LogP) is 2.48. The zero-order valence-corrected chi connectivity index (χ0v) is 14.1. The highest BCUT2D eigenvalue weighted by Gasteiger charge is 2.28. The van der Waals surface area contributed by atoms with Crippen LogP contribution in [0.2, 0.25) is 0 Å². The second-order valence-corrected chi connectivity index (χ2v) is 6.12. The van der Waals surface area contributed by atoms with E-state index < -0.39 is 0 Å². The molecule has 0 saturated carbocycles. The number of ether oxygens (including phenoxy) is 1. The van der Waals surface area contributed by atoms with E-state index in [1.54, 1.807) is 6.92 Å². The number of carbonyl (C=O) groups is 2. The van der Waals surface area contributed by atoms with Crippen LogP contribution in [-0.4, -0.2) is 41.5 Å². The number of piperidine rings is 1. The van der Waals surface area contributed by atoms with Gasteiger partial charge in [-0.2, -0.15) is 0 Å². The van der Waals surface area contributed by atoms with Crippen molar-refractivity contribution in [2.24, 2.45) is 5.92 Å². The van der Waals surface area contributed by atoms with Gasteiger partial charge >= 0.3 is 5.97 Å². The number of hydrogen-bond acceptors (Lipinski definition) is 5. The minimum atomic E-state index is -0.142. The van der Waals surface area contributed by atoms with E-state index in [1.165, 1.54) is 0 Å². The summed E-state index contributed by atoms with van der Waals surface area (Å²) in [6.07, 6.45) is 1.68. The van der Waals surface area contributed by atoms with Crippen molar-refractivity contribution < 1.29 is 18.7 Å². The lowest BCUT2D eigenvalue weighted by Gasteiger charge is -2.31. The Labute approximate surface area is 140 Å². The Morgan fingerprint density at radius 3 is 2.79 bits per heavy atom. The summed E-state index contributed by atoms with van der Waals surface area (Å²) in [6.45, 7) is 5.23. The Balaban J connectivity index is 1.58. The second kappa shape index (κ2) is 7.03. The molecule has 1 aliphatic rings. The van der Waals surface area contributed by atoms with Gasteiger partial charge in [-0.25, -0.2) is 4.98 Å². The van der Waals surface area contributed by atoms with E-state index in [4.69, 9.17) is 9.15 Å². The fourth-order valence-corrected chi connectivity index (χ4v) is 3.11. The quantitative estimate of drug-likeness (QED) is 0.805. The molecule has 1 aromatic heterocycles. The molecule has 0 aliphatic carbocycles. The lowest BCUT2D eigenvalue weighted by Crippen LogP contribution is -2.41. The Bertz CT molecular complexity index is 745. The minimum Gasteiger partial charge on any atom is -0.466 e. The van der Waals surface area contributed by atoms with Gasteiger partial charge in [0.25, 0.3) is 0 Å². The number of benzene rings is 1. The van der Waals surface area contributed by atoms with Crippen LogP contribution in [0.1, 0.15) is 31.2 Å². The minimum absolute atomic E-state index is 0.0801. The van der Waals surface area contributed by atoms with Crippen molar-refractivity contribution in [3.05, 3.63) is 29.7 Å². The maximum absolute atomic E-state index is 12.5. The third-order valence-electron chi connectivity index (χ3n) is 4.38. The zero-order chi connectivity index (χ0) is 17.1. The van der Waals surface area contributed by atoms with Gasteiger partial charge in [-0.15, -0.1) is 0 Å². The highest BCUT2D eigenvalue weighted by atomic mass is 16.5. The number of aryl methyl sites for hydroxylation is 1. The normalized spacial score (nSPS) is 15.7. The van der Waals surface area contributed by atoms with Crippen LogP contribution in [0, 0.1) is 12.8 Å². The molecule has 128 valence electrons. The lowest BCUT2D eigenvalue weighted by molar-refractivity contribution is -0.151. The molecule has 0 unspecified atom stereocenters. The molecule has 1 aromatic carbocycles. The number of esters is 1. The number of likely N-dealkylation sites (tertiary alicyclic amines) is 1. The van der Waals surface area contributed by atoms with Crippen LogP contribution in [-0.2, 0) is 20.7 Å². The molecule has 1 aliphatic heterocycles. The van der Waals surface area contributed by atoms with E-state index in [0.29, 0.717) is 44.8 Å². The highest BCUT2D eigenvalue weighted by Crippen LogP contribution is 2.21. The van der Waals surface area contributed by atoms with Gasteiger partial charge in [-0.3, -0.25) is 9.59 Å². The van der Waals surface area contributed by atoms with Gasteiger partial charge in [0.15, 0.2) is 11.5 Å². The van der Waals surface area contributed by atoms with Crippen molar-refractivity contribution in [3.63, 3.8) is 0 Å². The molecule has 6 nitrogen and oxygen atoms in total. The summed E-state index contributed by atoms with van der Waals surface area (Å²) in [4.78, 5) is 30.4. The standard InChI is InChI=1S/C18H22N2O4/c1-3-23-18(22)14-6-8-20(9-7-14)17(21)11-13-4-5-16-15(10-13)19-12(2)24-16/h4-5,10,14H,3,6-9,11H2,1-2H3. The molecule has 1 saturated heterocycles. The van der Waals surface area contributed by atoms with Crippen LogP contribution in [0.3, 0.4) is 0 Å². The van der Waals surface area contributed by atoms with Crippen molar-refractivity contribution in [2.45, 2.75) is 33.1 Å². The number of hydrogen-bond donors (Lipinski definition) is 0. The van der Waals surface area contributed by atoms with Crippen molar-refractivity contribution in [1.29, 1.82) is 0 Å². The first kappa shape index (κ1) is 16.5. The van der Waals surface area contributed by atoms with E-state index in [2.05, 4.69) is 4.98 Å². The van der Waals surface area contributed by atoms with E-state index in [0.717, 1.165) is 16.7 Å². The van der Waals surface area contributed by atoms with Crippen LogP contribution in [0.4, 0.5) is 0 Å². The number of carbonyl (C=O) groups excluding carboxylic acids is 2. The summed E-state index contributed by atoms with van der Waals surface area (Å²) in [5.41, 5.74) is 2.44. The number of oxazole rings is 1. The van der Waals surface area contributed by atoms with Crippen LogP contribution >= 0.6 is 0 Å². The molecule has 1 amide bonds. The Morgan fingerprint density at radius 1 is 1.33 bits per heavy atom. The lowest BCUT2D eigenvalue weighted by atomic mass is 9.96. The van der Waals surface area contributed by atoms with Crippen molar-refractivity contribution in [2.75, 3.05) is 19.7 Å². The fourth-order valence-electron chi connectivity index (χ4n) is 3.11. The Kier molecular flexibility index (Phi) is 4.83. The van der Waals surface area contributed by atoms with Crippen LogP contribution in [0.25, 0.3) is 11.1 Å². The van der Waals surface area contributed by atoms with Crippen molar-refractivity contribution in [1.82, 2.24) is 9.88 Å². The van der Waals surface area contributed by atoms with Gasteiger partial charge in [0.05, 0.1) is 18.9 Å². The number of rotatable bonds is 4. The van der Waals surface area contributed by atoms with Crippen LogP contribution in [0.5, 0.6) is 0 Å². The summed E-state index contributed by atoms with van der Waals surface area (Å²) < 4.78 is 10.5. The molecule has 3 rings (SSSR count). The van der Waals surface area contributed by atoms with Crippen LogP contribution in [0.15, 0.2) is 22.6 Å². The predicted molar refractivity (Wildman–Crippen MR) is 88.4 cm³/mol. The molecule has 2 heterocycles. The highest BCUT2D eigenvalue weighted by molar-refractivity contribution is 5.81. The van der Waals surface area contributed by atoms with Gasteiger partial charge in [0, 0.05) is 20.0 Å². The summed E-state index contributed by atoms with van der Waals surface area (Å²) in [5.74, 6) is 0.478. The third kappa shape index (κ3) is 3.58. The van der Waals surface area contributed by atoms with Gasteiger partial charge < -0.3 is 14.1 Å². The third-order valence-corrected chi connectivity index (χ3v) is 4.38. The maximum Gasteiger partial charge on any atom is 0.309 e. The number of fused-ring (bicyclic) bond motifs is 1. The summed E-state index contributed by atoms with van der Waals surface area (Å²) >= 11 is 0. The smallest absolute Gasteiger partial charge is 0.309 e. The number of amides is 1. The van der Waals surface area contributed by atoms with Crippen LogP contribution < -0.4 is 0 Å². The molecule has 0 spiro atoms. The monoisotopic (exact) mass is 330 g/mol. The number of aromatic nitrogens is 1. The zero-order valence-electron chi connectivity index (χ0n) is 14.1. The topological polar surface area (TPSA) is 72.6 Å². The molecule has 6 heteroatoms. The molecular formula is C18H22N2O4. The van der Waals surface area contributed by atoms with E-state index >= 15 is 0 Å². The fraction of sp³-hybridized carbons (Fsp3) is 0.500. The van der Waals surface area contributed by atoms with Crippen molar-refractivity contribution >= 4 is 23.0 Å². The van der Waals surface area contributed by atoms with Gasteiger partial charge in [-0.1, -0.05) is 6.07 Å². The second-order valence-electron chi connectivity index (χ2n) is 6.12. The molecule has 0 bridgehead atoms.